The molecule has 1 aromatic rings. The van der Waals surface area contributed by atoms with Gasteiger partial charge in [0, 0.05) is 10.0 Å². The standard InChI is InChI=1S/C11H14BrF2N/c1-7(2)9-4-3-8(5-10(9)12)11(13,14)6-15/h3-5,7H,6,15H2,1-2H3. The van der Waals surface area contributed by atoms with E-state index in [4.69, 9.17) is 5.73 Å². The molecule has 2 N–H and O–H groups in total. The Hall–Kier alpha value is -0.480. The Morgan fingerprint density at radius 3 is 2.40 bits per heavy atom. The minimum absolute atomic E-state index is 0.0405. The summed E-state index contributed by atoms with van der Waals surface area (Å²) in [6.07, 6.45) is 0. The lowest BCUT2D eigenvalue weighted by atomic mass is 9.99. The van der Waals surface area contributed by atoms with E-state index in [-0.39, 0.29) is 5.56 Å². The number of rotatable bonds is 3. The third kappa shape index (κ3) is 2.75. The maximum absolute atomic E-state index is 13.3. The van der Waals surface area contributed by atoms with Crippen molar-refractivity contribution in [2.45, 2.75) is 25.7 Å². The van der Waals surface area contributed by atoms with Gasteiger partial charge >= 0.3 is 0 Å². The highest BCUT2D eigenvalue weighted by molar-refractivity contribution is 9.10. The van der Waals surface area contributed by atoms with Gasteiger partial charge in [-0.05, 0) is 17.5 Å². The average Bonchev–Trinajstić information content (AvgIpc) is 2.17. The molecule has 0 saturated heterocycles. The fourth-order valence-electron chi connectivity index (χ4n) is 1.34. The Kier molecular flexibility index (Phi) is 3.84. The lowest BCUT2D eigenvalue weighted by Gasteiger charge is -2.16. The maximum atomic E-state index is 13.3. The molecule has 0 aliphatic heterocycles. The van der Waals surface area contributed by atoms with Gasteiger partial charge in [0.25, 0.3) is 5.92 Å². The van der Waals surface area contributed by atoms with Crippen molar-refractivity contribution in [1.29, 1.82) is 0 Å². The highest BCUT2D eigenvalue weighted by Gasteiger charge is 2.29. The van der Waals surface area contributed by atoms with E-state index in [9.17, 15) is 8.78 Å². The molecule has 1 aromatic carbocycles. The van der Waals surface area contributed by atoms with Crippen LogP contribution in [0, 0.1) is 0 Å². The van der Waals surface area contributed by atoms with E-state index >= 15 is 0 Å². The van der Waals surface area contributed by atoms with Crippen LogP contribution in [0.15, 0.2) is 22.7 Å². The quantitative estimate of drug-likeness (QED) is 0.897. The molecule has 0 atom stereocenters. The summed E-state index contributed by atoms with van der Waals surface area (Å²) in [7, 11) is 0. The monoisotopic (exact) mass is 277 g/mol. The van der Waals surface area contributed by atoms with Gasteiger partial charge in [-0.15, -0.1) is 0 Å². The highest BCUT2D eigenvalue weighted by Crippen LogP contribution is 2.32. The molecule has 0 saturated carbocycles. The molecule has 1 rings (SSSR count). The van der Waals surface area contributed by atoms with Crippen LogP contribution < -0.4 is 5.73 Å². The van der Waals surface area contributed by atoms with E-state index in [0.717, 1.165) is 5.56 Å². The van der Waals surface area contributed by atoms with Crippen molar-refractivity contribution in [2.24, 2.45) is 5.73 Å². The minimum Gasteiger partial charge on any atom is -0.325 e. The van der Waals surface area contributed by atoms with Gasteiger partial charge < -0.3 is 5.73 Å². The summed E-state index contributed by atoms with van der Waals surface area (Å²) < 4.78 is 27.2. The third-order valence-electron chi connectivity index (χ3n) is 2.30. The van der Waals surface area contributed by atoms with Crippen LogP contribution in [0.4, 0.5) is 8.78 Å². The van der Waals surface area contributed by atoms with Crippen LogP contribution in [0.3, 0.4) is 0 Å². The summed E-state index contributed by atoms with van der Waals surface area (Å²) in [5.41, 5.74) is 6.00. The lowest BCUT2D eigenvalue weighted by molar-refractivity contribution is 0.00587. The van der Waals surface area contributed by atoms with Gasteiger partial charge in [-0.25, -0.2) is 0 Å². The molecule has 84 valence electrons. The molecule has 0 heterocycles. The lowest BCUT2D eigenvalue weighted by Crippen LogP contribution is -2.25. The molecule has 15 heavy (non-hydrogen) atoms. The van der Waals surface area contributed by atoms with E-state index in [1.807, 2.05) is 13.8 Å². The Morgan fingerprint density at radius 1 is 1.40 bits per heavy atom. The highest BCUT2D eigenvalue weighted by atomic mass is 79.9. The molecule has 4 heteroatoms. The molecule has 0 bridgehead atoms. The zero-order chi connectivity index (χ0) is 11.6. The Morgan fingerprint density at radius 2 is 2.00 bits per heavy atom. The van der Waals surface area contributed by atoms with Crippen LogP contribution in [0.5, 0.6) is 0 Å². The van der Waals surface area contributed by atoms with Crippen LogP contribution in [-0.4, -0.2) is 6.54 Å². The third-order valence-corrected chi connectivity index (χ3v) is 2.99. The first-order valence-corrected chi connectivity index (χ1v) is 5.55. The second kappa shape index (κ2) is 4.58. The van der Waals surface area contributed by atoms with Crippen molar-refractivity contribution in [1.82, 2.24) is 0 Å². The van der Waals surface area contributed by atoms with Crippen molar-refractivity contribution in [2.75, 3.05) is 6.54 Å². The van der Waals surface area contributed by atoms with Crippen molar-refractivity contribution in [3.8, 4) is 0 Å². The fourth-order valence-corrected chi connectivity index (χ4v) is 2.18. The zero-order valence-corrected chi connectivity index (χ0v) is 10.3. The van der Waals surface area contributed by atoms with Gasteiger partial charge in [-0.1, -0.05) is 41.9 Å². The summed E-state index contributed by atoms with van der Waals surface area (Å²) in [5, 5.41) is 0. The molecule has 0 unspecified atom stereocenters. The fraction of sp³-hybridized carbons (Fsp3) is 0.455. The molecular weight excluding hydrogens is 264 g/mol. The van der Waals surface area contributed by atoms with Gasteiger partial charge in [-0.2, -0.15) is 8.78 Å². The number of hydrogen-bond donors (Lipinski definition) is 1. The Balaban J connectivity index is 3.12. The molecule has 0 aliphatic rings. The molecule has 0 fully saturated rings. The second-order valence-corrected chi connectivity index (χ2v) is 4.65. The minimum atomic E-state index is -2.95. The first-order valence-electron chi connectivity index (χ1n) is 4.76. The summed E-state index contributed by atoms with van der Waals surface area (Å²) in [6.45, 7) is 3.36. The summed E-state index contributed by atoms with van der Waals surface area (Å²) in [6, 6.07) is 4.60. The van der Waals surface area contributed by atoms with Crippen molar-refractivity contribution < 1.29 is 8.78 Å². The number of halogens is 3. The van der Waals surface area contributed by atoms with Crippen LogP contribution >= 0.6 is 15.9 Å². The molecule has 0 radical (unpaired) electrons. The first-order chi connectivity index (χ1) is 6.88. The molecule has 0 aromatic heterocycles. The van der Waals surface area contributed by atoms with Crippen LogP contribution in [0.1, 0.15) is 30.9 Å². The van der Waals surface area contributed by atoms with Crippen LogP contribution in [-0.2, 0) is 5.92 Å². The zero-order valence-electron chi connectivity index (χ0n) is 8.73. The average molecular weight is 278 g/mol. The van der Waals surface area contributed by atoms with E-state index < -0.39 is 12.5 Å². The Bertz CT molecular complexity index is 350. The normalized spacial score (nSPS) is 12.2. The van der Waals surface area contributed by atoms with Gasteiger partial charge in [0.15, 0.2) is 0 Å². The molecule has 0 aliphatic carbocycles. The van der Waals surface area contributed by atoms with Crippen molar-refractivity contribution in [3.63, 3.8) is 0 Å². The Labute approximate surface area is 96.8 Å². The van der Waals surface area contributed by atoms with E-state index in [1.54, 1.807) is 6.07 Å². The number of alkyl halides is 2. The van der Waals surface area contributed by atoms with Crippen molar-refractivity contribution in [3.05, 3.63) is 33.8 Å². The summed E-state index contributed by atoms with van der Waals surface area (Å²) in [4.78, 5) is 0. The van der Waals surface area contributed by atoms with E-state index in [2.05, 4.69) is 15.9 Å². The predicted molar refractivity (Wildman–Crippen MR) is 61.2 cm³/mol. The molecule has 0 spiro atoms. The SMILES string of the molecule is CC(C)c1ccc(C(F)(F)CN)cc1Br. The van der Waals surface area contributed by atoms with Gasteiger partial charge in [0.05, 0.1) is 6.54 Å². The van der Waals surface area contributed by atoms with Gasteiger partial charge in [0.1, 0.15) is 0 Å². The van der Waals surface area contributed by atoms with Crippen LogP contribution in [0.25, 0.3) is 0 Å². The topological polar surface area (TPSA) is 26.0 Å². The number of benzene rings is 1. The largest absolute Gasteiger partial charge is 0.325 e. The van der Waals surface area contributed by atoms with E-state index in [0.29, 0.717) is 10.4 Å². The van der Waals surface area contributed by atoms with Gasteiger partial charge in [0.2, 0.25) is 0 Å². The maximum Gasteiger partial charge on any atom is 0.285 e. The summed E-state index contributed by atoms with van der Waals surface area (Å²) >= 11 is 3.30. The molecule has 0 amide bonds. The second-order valence-electron chi connectivity index (χ2n) is 3.80. The molecule has 1 nitrogen and oxygen atoms in total. The smallest absolute Gasteiger partial charge is 0.285 e. The van der Waals surface area contributed by atoms with Crippen molar-refractivity contribution >= 4 is 15.9 Å². The molecular formula is C11H14BrF2N. The first kappa shape index (κ1) is 12.6. The van der Waals surface area contributed by atoms with Gasteiger partial charge in [-0.3, -0.25) is 0 Å². The summed E-state index contributed by atoms with van der Waals surface area (Å²) in [5.74, 6) is -2.64. The number of hydrogen-bond acceptors (Lipinski definition) is 1. The van der Waals surface area contributed by atoms with E-state index in [1.165, 1.54) is 12.1 Å². The van der Waals surface area contributed by atoms with Crippen LogP contribution in [0.2, 0.25) is 0 Å². The predicted octanol–water partition coefficient (Wildman–Crippen LogP) is 3.62. The number of nitrogens with two attached hydrogens (primary N) is 1.